The number of carboxylic acids is 1. The predicted octanol–water partition coefficient (Wildman–Crippen LogP) is -0.774. The van der Waals surface area contributed by atoms with Gasteiger partial charge >= 0.3 is 5.97 Å². The molecule has 2 amide bonds. The third-order valence-electron chi connectivity index (χ3n) is 4.54. The molecule has 2 atom stereocenters. The molecule has 0 aromatic carbocycles. The highest BCUT2D eigenvalue weighted by atomic mass is 32.2. The van der Waals surface area contributed by atoms with Gasteiger partial charge in [-0.1, -0.05) is 28.3 Å². The summed E-state index contributed by atoms with van der Waals surface area (Å²) in [5.74, 6) is -3.20. The van der Waals surface area contributed by atoms with Gasteiger partial charge in [-0.05, 0) is 5.57 Å². The van der Waals surface area contributed by atoms with Gasteiger partial charge in [0.05, 0.1) is 0 Å². The summed E-state index contributed by atoms with van der Waals surface area (Å²) in [6, 6.07) is -1.06. The second kappa shape index (κ2) is 10.7. The number of sulfone groups is 1. The zero-order valence-electron chi connectivity index (χ0n) is 18.1. The van der Waals surface area contributed by atoms with Crippen molar-refractivity contribution in [3.63, 3.8) is 0 Å². The molecule has 4 N–H and O–H groups in total. The molecule has 0 aliphatic carbocycles. The van der Waals surface area contributed by atoms with E-state index in [4.69, 9.17) is 10.6 Å². The highest BCUT2D eigenvalue weighted by Crippen LogP contribution is 2.41. The summed E-state index contributed by atoms with van der Waals surface area (Å²) >= 11 is 4.70. The first kappa shape index (κ1) is 26.3. The number of carboxylic acid groups (broad SMARTS) is 1. The fourth-order valence-corrected chi connectivity index (χ4v) is 6.73. The van der Waals surface area contributed by atoms with Gasteiger partial charge in [0.1, 0.15) is 22.6 Å². The number of hydrogen-bond acceptors (Lipinski definition) is 16. The third-order valence-corrected chi connectivity index (χ3v) is 8.90. The molecule has 4 rings (SSSR count). The van der Waals surface area contributed by atoms with Crippen molar-refractivity contribution in [3.8, 4) is 0 Å². The third kappa shape index (κ3) is 5.77. The molecule has 1 fully saturated rings. The number of anilines is 1. The largest absolute Gasteiger partial charge is 0.477 e. The number of amides is 2. The van der Waals surface area contributed by atoms with Gasteiger partial charge in [0.25, 0.3) is 11.8 Å². The molecule has 0 radical (unpaired) electrons. The van der Waals surface area contributed by atoms with Crippen molar-refractivity contribution in [3.05, 3.63) is 22.6 Å². The summed E-state index contributed by atoms with van der Waals surface area (Å²) in [7, 11) is -3.56. The summed E-state index contributed by atoms with van der Waals surface area (Å²) in [4.78, 5) is 47.6. The lowest BCUT2D eigenvalue weighted by Crippen LogP contribution is -2.71. The Balaban J connectivity index is 1.50. The quantitative estimate of drug-likeness (QED) is 0.133. The lowest BCUT2D eigenvalue weighted by molar-refractivity contribution is -0.150. The highest BCUT2D eigenvalue weighted by Gasteiger charge is 2.54. The fraction of sp³-hybridized carbons (Fsp3) is 0.375. The normalized spacial score (nSPS) is 20.1. The number of hydrogen-bond donors (Lipinski definition) is 3. The van der Waals surface area contributed by atoms with Crippen LogP contribution in [0.3, 0.4) is 0 Å². The number of nitrogens with two attached hydrogens (primary N) is 1. The summed E-state index contributed by atoms with van der Waals surface area (Å²) in [6.45, 7) is 0. The second-order valence-corrected chi connectivity index (χ2v) is 13.2. The van der Waals surface area contributed by atoms with Gasteiger partial charge in [-0.3, -0.25) is 14.5 Å². The first-order valence-electron chi connectivity index (χ1n) is 9.62. The van der Waals surface area contributed by atoms with Crippen LogP contribution in [0.4, 0.5) is 5.13 Å². The Bertz CT molecular complexity index is 1360. The maximum absolute atomic E-state index is 12.9. The molecule has 15 nitrogen and oxygen atoms in total. The van der Waals surface area contributed by atoms with Crippen molar-refractivity contribution in [2.45, 2.75) is 15.8 Å². The standard InChI is InChI=1S/C16H16N8O7S5/c1-36(29,30)5-31-22-7(10-20-15(17)35-23-10)11(25)19-8-12(26)24-9(14(27)28)6(2-32-13(8)24)3-33-16-21-18-4-34-16/h4,8,13H,2-3,5H2,1H3,(H,19,25)(H,27,28)(H2,17,20,23)/t8?,13-/m0/s1. The van der Waals surface area contributed by atoms with Gasteiger partial charge in [-0.15, -0.1) is 22.0 Å². The molecule has 0 bridgehead atoms. The fourth-order valence-electron chi connectivity index (χ4n) is 3.08. The van der Waals surface area contributed by atoms with E-state index >= 15 is 0 Å². The van der Waals surface area contributed by atoms with Crippen LogP contribution in [0.5, 0.6) is 0 Å². The van der Waals surface area contributed by atoms with Crippen LogP contribution >= 0.6 is 46.4 Å². The van der Waals surface area contributed by atoms with Crippen LogP contribution in [0, 0.1) is 0 Å². The number of thioether (sulfide) groups is 2. The maximum atomic E-state index is 12.9. The van der Waals surface area contributed by atoms with E-state index in [2.05, 4.69) is 30.0 Å². The summed E-state index contributed by atoms with van der Waals surface area (Å²) in [5, 5.41) is 22.8. The van der Waals surface area contributed by atoms with Gasteiger partial charge < -0.3 is 21.0 Å². The number of fused-ring (bicyclic) bond motifs is 1. The van der Waals surface area contributed by atoms with E-state index in [-0.39, 0.29) is 16.7 Å². The highest BCUT2D eigenvalue weighted by molar-refractivity contribution is 8.01. The van der Waals surface area contributed by atoms with E-state index < -0.39 is 50.7 Å². The molecule has 2 aromatic rings. The average Bonchev–Trinajstić information content (AvgIpc) is 3.49. The number of rotatable bonds is 10. The molecule has 2 aliphatic heterocycles. The molecule has 192 valence electrons. The van der Waals surface area contributed by atoms with Gasteiger partial charge in [-0.2, -0.15) is 9.36 Å². The number of nitrogen functional groups attached to an aromatic ring is 1. The van der Waals surface area contributed by atoms with Gasteiger partial charge in [0.15, 0.2) is 19.3 Å². The number of oxime groups is 1. The molecule has 4 heterocycles. The summed E-state index contributed by atoms with van der Waals surface area (Å²) in [6.07, 6.45) is 0.914. The molecule has 2 aliphatic rings. The Kier molecular flexibility index (Phi) is 7.78. The van der Waals surface area contributed by atoms with Gasteiger partial charge in [0, 0.05) is 29.3 Å². The first-order chi connectivity index (χ1) is 17.0. The molecule has 36 heavy (non-hydrogen) atoms. The molecule has 0 spiro atoms. The Hall–Kier alpha value is -2.81. The first-order valence-corrected chi connectivity index (χ1v) is 15.4. The number of nitrogens with zero attached hydrogens (tertiary/aromatic N) is 6. The van der Waals surface area contributed by atoms with Crippen LogP contribution in [0.1, 0.15) is 5.82 Å². The number of carbonyl (C=O) groups is 3. The van der Waals surface area contributed by atoms with E-state index in [9.17, 15) is 27.9 Å². The summed E-state index contributed by atoms with van der Waals surface area (Å²) < 4.78 is 27.2. The number of carbonyl (C=O) groups excluding carboxylic acids is 2. The Morgan fingerprint density at radius 1 is 1.44 bits per heavy atom. The predicted molar refractivity (Wildman–Crippen MR) is 132 cm³/mol. The van der Waals surface area contributed by atoms with Gasteiger partial charge in [0.2, 0.25) is 17.5 Å². The molecular weight excluding hydrogens is 577 g/mol. The smallest absolute Gasteiger partial charge is 0.352 e. The average molecular weight is 593 g/mol. The van der Waals surface area contributed by atoms with Crippen LogP contribution in [0.2, 0.25) is 0 Å². The maximum Gasteiger partial charge on any atom is 0.352 e. The SMILES string of the molecule is CS(=O)(=O)CON=C(C(=O)NC1C(=O)N2C(C(=O)O)=C(CSc3nncs3)CS[C@@H]12)c1nsc(N)n1. The van der Waals surface area contributed by atoms with E-state index in [1.807, 2.05) is 0 Å². The molecule has 0 saturated carbocycles. The van der Waals surface area contributed by atoms with Crippen molar-refractivity contribution in [2.75, 3.05) is 29.4 Å². The van der Waals surface area contributed by atoms with E-state index in [0.29, 0.717) is 21.4 Å². The lowest BCUT2D eigenvalue weighted by atomic mass is 10.0. The van der Waals surface area contributed by atoms with Crippen LogP contribution < -0.4 is 11.1 Å². The zero-order chi connectivity index (χ0) is 26.0. The Labute approximate surface area is 219 Å². The van der Waals surface area contributed by atoms with Crippen molar-refractivity contribution in [1.29, 1.82) is 0 Å². The Morgan fingerprint density at radius 3 is 2.83 bits per heavy atom. The van der Waals surface area contributed by atoms with Crippen LogP contribution in [-0.2, 0) is 29.1 Å². The second-order valence-electron chi connectivity index (χ2n) is 7.18. The van der Waals surface area contributed by atoms with Crippen molar-refractivity contribution < 1.29 is 32.7 Å². The summed E-state index contributed by atoms with van der Waals surface area (Å²) in [5.41, 5.74) is 7.05. The minimum atomic E-state index is -3.56. The minimum absolute atomic E-state index is 0.0255. The molecule has 20 heteroatoms. The van der Waals surface area contributed by atoms with Crippen molar-refractivity contribution in [2.24, 2.45) is 5.16 Å². The molecule has 1 unspecified atom stereocenters. The number of β-lactam (4-membered cyclic amide) rings is 1. The van der Waals surface area contributed by atoms with Gasteiger partial charge in [-0.25, -0.2) is 13.2 Å². The molecular formula is C16H16N8O7S5. The van der Waals surface area contributed by atoms with E-state index in [1.165, 1.54) is 34.9 Å². The number of nitrogens with one attached hydrogen (secondary N) is 1. The zero-order valence-corrected chi connectivity index (χ0v) is 22.1. The van der Waals surface area contributed by atoms with E-state index in [1.54, 1.807) is 5.51 Å². The van der Waals surface area contributed by atoms with Crippen molar-refractivity contribution in [1.82, 2.24) is 29.8 Å². The van der Waals surface area contributed by atoms with Crippen LogP contribution in [0.15, 0.2) is 26.3 Å². The number of aliphatic carboxylic acids is 1. The molecule has 1 saturated heterocycles. The molecule has 2 aromatic heterocycles. The minimum Gasteiger partial charge on any atom is -0.477 e. The Morgan fingerprint density at radius 2 is 2.22 bits per heavy atom. The monoisotopic (exact) mass is 592 g/mol. The van der Waals surface area contributed by atoms with E-state index in [0.717, 1.165) is 22.7 Å². The number of aromatic nitrogens is 4. The van der Waals surface area contributed by atoms with Crippen LogP contribution in [-0.4, -0.2) is 96.6 Å². The lowest BCUT2D eigenvalue weighted by Gasteiger charge is -2.49. The van der Waals surface area contributed by atoms with Crippen molar-refractivity contribution >= 4 is 84.9 Å². The topological polar surface area (TPSA) is 220 Å². The van der Waals surface area contributed by atoms with Crippen LogP contribution in [0.25, 0.3) is 0 Å².